The number of hydrogen-bond donors (Lipinski definition) is 3. The molecule has 0 saturated heterocycles. The third kappa shape index (κ3) is 4.56. The zero-order valence-electron chi connectivity index (χ0n) is 12.6. The molecule has 1 atom stereocenters. The zero-order valence-corrected chi connectivity index (χ0v) is 12.6. The number of pyridine rings is 1. The monoisotopic (exact) mass is 299 g/mol. The summed E-state index contributed by atoms with van der Waals surface area (Å²) < 4.78 is 0. The maximum Gasteiger partial charge on any atom is 0.251 e. The van der Waals surface area contributed by atoms with E-state index in [1.165, 1.54) is 0 Å². The largest absolute Gasteiger partial charge is 0.388 e. The van der Waals surface area contributed by atoms with E-state index < -0.39 is 6.10 Å². The summed E-state index contributed by atoms with van der Waals surface area (Å²) in [5.74, 6) is 0.515. The molecule has 0 aliphatic carbocycles. The van der Waals surface area contributed by atoms with Crippen molar-refractivity contribution in [2.45, 2.75) is 19.4 Å². The quantitative estimate of drug-likeness (QED) is 0.734. The zero-order chi connectivity index (χ0) is 15.8. The van der Waals surface area contributed by atoms with Crippen LogP contribution < -0.4 is 10.6 Å². The van der Waals surface area contributed by atoms with E-state index in [1.807, 2.05) is 37.3 Å². The summed E-state index contributed by atoms with van der Waals surface area (Å²) in [7, 11) is 0. The van der Waals surface area contributed by atoms with Crippen LogP contribution in [0.2, 0.25) is 0 Å². The van der Waals surface area contributed by atoms with Gasteiger partial charge in [-0.3, -0.25) is 4.79 Å². The average molecular weight is 299 g/mol. The van der Waals surface area contributed by atoms with Crippen LogP contribution >= 0.6 is 0 Å². The number of aliphatic hydroxyl groups excluding tert-OH is 1. The minimum absolute atomic E-state index is 0.165. The van der Waals surface area contributed by atoms with Crippen LogP contribution in [0.1, 0.15) is 35.4 Å². The molecule has 1 unspecified atom stereocenters. The number of nitrogens with zero attached hydrogens (tertiary/aromatic N) is 1. The van der Waals surface area contributed by atoms with Gasteiger partial charge in [0.2, 0.25) is 0 Å². The van der Waals surface area contributed by atoms with Crippen molar-refractivity contribution in [3.05, 3.63) is 59.8 Å². The Bertz CT molecular complexity index is 602. The Morgan fingerprint density at radius 2 is 2.05 bits per heavy atom. The maximum absolute atomic E-state index is 12.1. The van der Waals surface area contributed by atoms with Crippen molar-refractivity contribution in [3.8, 4) is 0 Å². The first-order chi connectivity index (χ1) is 10.7. The second-order valence-corrected chi connectivity index (χ2v) is 4.93. The second-order valence-electron chi connectivity index (χ2n) is 4.93. The molecular formula is C17H21N3O2. The van der Waals surface area contributed by atoms with Gasteiger partial charge in [0, 0.05) is 24.8 Å². The third-order valence-corrected chi connectivity index (χ3v) is 3.27. The van der Waals surface area contributed by atoms with E-state index in [9.17, 15) is 9.90 Å². The topological polar surface area (TPSA) is 74.2 Å². The number of amides is 1. The highest BCUT2D eigenvalue weighted by molar-refractivity contribution is 5.94. The first-order valence-electron chi connectivity index (χ1n) is 7.42. The van der Waals surface area contributed by atoms with E-state index in [-0.39, 0.29) is 5.91 Å². The predicted molar refractivity (Wildman–Crippen MR) is 86.8 cm³/mol. The van der Waals surface area contributed by atoms with Crippen molar-refractivity contribution in [2.75, 3.05) is 18.4 Å². The van der Waals surface area contributed by atoms with Gasteiger partial charge >= 0.3 is 0 Å². The molecule has 0 spiro atoms. The first-order valence-corrected chi connectivity index (χ1v) is 7.42. The van der Waals surface area contributed by atoms with Crippen LogP contribution in [-0.4, -0.2) is 29.1 Å². The van der Waals surface area contributed by atoms with Gasteiger partial charge in [0.25, 0.3) is 5.91 Å². The molecule has 22 heavy (non-hydrogen) atoms. The van der Waals surface area contributed by atoms with Crippen LogP contribution in [0.3, 0.4) is 0 Å². The van der Waals surface area contributed by atoms with E-state index in [4.69, 9.17) is 0 Å². The molecule has 1 amide bonds. The summed E-state index contributed by atoms with van der Waals surface area (Å²) in [5, 5.41) is 15.9. The van der Waals surface area contributed by atoms with Gasteiger partial charge < -0.3 is 15.7 Å². The second kappa shape index (κ2) is 8.14. The van der Waals surface area contributed by atoms with Crippen molar-refractivity contribution in [3.63, 3.8) is 0 Å². The van der Waals surface area contributed by atoms with Crippen LogP contribution in [0.4, 0.5) is 5.82 Å². The number of rotatable bonds is 7. The number of nitrogens with one attached hydrogen (secondary N) is 2. The molecular weight excluding hydrogens is 278 g/mol. The average Bonchev–Trinajstić information content (AvgIpc) is 2.56. The fourth-order valence-electron chi connectivity index (χ4n) is 2.12. The van der Waals surface area contributed by atoms with E-state index in [0.717, 1.165) is 12.1 Å². The number of aromatic nitrogens is 1. The Hall–Kier alpha value is -2.40. The number of benzene rings is 1. The molecule has 0 fully saturated rings. The normalized spacial score (nSPS) is 11.7. The minimum Gasteiger partial charge on any atom is -0.388 e. The Labute approximate surface area is 130 Å². The van der Waals surface area contributed by atoms with Crippen molar-refractivity contribution in [1.82, 2.24) is 10.3 Å². The van der Waals surface area contributed by atoms with E-state index in [1.54, 1.807) is 18.3 Å². The molecule has 5 heteroatoms. The van der Waals surface area contributed by atoms with Gasteiger partial charge in [0.05, 0.1) is 6.10 Å². The highest BCUT2D eigenvalue weighted by Crippen LogP contribution is 2.15. The van der Waals surface area contributed by atoms with Crippen molar-refractivity contribution < 1.29 is 9.90 Å². The Kier molecular flexibility index (Phi) is 5.91. The van der Waals surface area contributed by atoms with Crippen molar-refractivity contribution in [2.24, 2.45) is 0 Å². The third-order valence-electron chi connectivity index (χ3n) is 3.27. The predicted octanol–water partition coefficient (Wildman–Crippen LogP) is 2.37. The minimum atomic E-state index is -0.573. The fourth-order valence-corrected chi connectivity index (χ4v) is 2.12. The summed E-state index contributed by atoms with van der Waals surface area (Å²) in [4.78, 5) is 16.2. The molecule has 0 radical (unpaired) electrons. The van der Waals surface area contributed by atoms with Crippen molar-refractivity contribution >= 4 is 11.7 Å². The molecule has 2 rings (SSSR count). The molecule has 0 saturated carbocycles. The van der Waals surface area contributed by atoms with Crippen LogP contribution in [0.25, 0.3) is 0 Å². The highest BCUT2D eigenvalue weighted by Gasteiger charge is 2.09. The van der Waals surface area contributed by atoms with E-state index in [0.29, 0.717) is 24.3 Å². The lowest BCUT2D eigenvalue weighted by Crippen LogP contribution is -2.25. The van der Waals surface area contributed by atoms with E-state index >= 15 is 0 Å². The van der Waals surface area contributed by atoms with E-state index in [2.05, 4.69) is 15.6 Å². The smallest absolute Gasteiger partial charge is 0.251 e. The lowest BCUT2D eigenvalue weighted by molar-refractivity contribution is 0.0942. The van der Waals surface area contributed by atoms with Gasteiger partial charge in [0.15, 0.2) is 0 Å². The Morgan fingerprint density at radius 3 is 2.77 bits per heavy atom. The lowest BCUT2D eigenvalue weighted by atomic mass is 10.1. The molecule has 2 aromatic rings. The first kappa shape index (κ1) is 16.0. The summed E-state index contributed by atoms with van der Waals surface area (Å²) in [6, 6.07) is 12.8. The van der Waals surface area contributed by atoms with Gasteiger partial charge in [-0.05, 0) is 31.0 Å². The lowest BCUT2D eigenvalue weighted by Gasteiger charge is -2.12. The van der Waals surface area contributed by atoms with Gasteiger partial charge in [-0.15, -0.1) is 0 Å². The molecule has 1 aromatic carbocycles. The molecule has 5 nitrogen and oxygen atoms in total. The molecule has 0 aliphatic rings. The highest BCUT2D eigenvalue weighted by atomic mass is 16.3. The van der Waals surface area contributed by atoms with Gasteiger partial charge in [-0.25, -0.2) is 4.98 Å². The number of carbonyl (C=O) groups excluding carboxylic acids is 1. The fraction of sp³-hybridized carbons (Fsp3) is 0.294. The van der Waals surface area contributed by atoms with Crippen LogP contribution in [0.15, 0.2) is 48.7 Å². The number of hydrogen-bond acceptors (Lipinski definition) is 4. The standard InChI is InChI=1S/C17H21N3O2/c1-2-18-16-12-14(8-10-19-16)17(22)20-11-9-15(21)13-6-4-3-5-7-13/h3-8,10,12,15,21H,2,9,11H2,1H3,(H,18,19)(H,20,22). The van der Waals surface area contributed by atoms with Crippen LogP contribution in [0.5, 0.6) is 0 Å². The summed E-state index contributed by atoms with van der Waals surface area (Å²) in [6.07, 6.45) is 1.50. The summed E-state index contributed by atoms with van der Waals surface area (Å²) in [5.41, 5.74) is 1.41. The Balaban J connectivity index is 1.84. The molecule has 116 valence electrons. The molecule has 3 N–H and O–H groups in total. The van der Waals surface area contributed by atoms with Crippen LogP contribution in [-0.2, 0) is 0 Å². The number of carbonyl (C=O) groups is 1. The number of anilines is 1. The molecule has 1 heterocycles. The molecule has 1 aromatic heterocycles. The SMILES string of the molecule is CCNc1cc(C(=O)NCCC(O)c2ccccc2)ccn1. The van der Waals surface area contributed by atoms with Gasteiger partial charge in [-0.1, -0.05) is 30.3 Å². The molecule has 0 aliphatic heterocycles. The Morgan fingerprint density at radius 1 is 1.27 bits per heavy atom. The van der Waals surface area contributed by atoms with Crippen molar-refractivity contribution in [1.29, 1.82) is 0 Å². The van der Waals surface area contributed by atoms with Gasteiger partial charge in [0.1, 0.15) is 5.82 Å². The maximum atomic E-state index is 12.1. The summed E-state index contributed by atoms with van der Waals surface area (Å²) in [6.45, 7) is 3.13. The summed E-state index contributed by atoms with van der Waals surface area (Å²) >= 11 is 0. The number of aliphatic hydroxyl groups is 1. The van der Waals surface area contributed by atoms with Crippen LogP contribution in [0, 0.1) is 0 Å². The van der Waals surface area contributed by atoms with Gasteiger partial charge in [-0.2, -0.15) is 0 Å². The molecule has 0 bridgehead atoms.